The fraction of sp³-hybridized carbons (Fsp3) is 0.261. The fourth-order valence-corrected chi connectivity index (χ4v) is 3.38. The minimum atomic E-state index is -0.999. The zero-order chi connectivity index (χ0) is 21.3. The van der Waals surface area contributed by atoms with Gasteiger partial charge in [-0.05, 0) is 37.7 Å². The van der Waals surface area contributed by atoms with Crippen LogP contribution in [0.15, 0.2) is 36.7 Å². The Morgan fingerprint density at radius 2 is 1.97 bits per heavy atom. The second-order valence-corrected chi connectivity index (χ2v) is 7.06. The van der Waals surface area contributed by atoms with Crippen LogP contribution in [0.3, 0.4) is 0 Å². The molecule has 0 unspecified atom stereocenters. The molecule has 4 aromatic rings. The number of ether oxygens (including phenoxy) is 1. The Hall–Kier alpha value is -1.94. The van der Waals surface area contributed by atoms with Gasteiger partial charge >= 0.3 is 39.9 Å². The van der Waals surface area contributed by atoms with Gasteiger partial charge in [-0.1, -0.05) is 6.92 Å². The van der Waals surface area contributed by atoms with Crippen LogP contribution < -0.4 is 10.1 Å². The molecule has 0 fully saturated rings. The summed E-state index contributed by atoms with van der Waals surface area (Å²) in [7, 11) is 3.68. The Morgan fingerprint density at radius 1 is 1.19 bits per heavy atom. The van der Waals surface area contributed by atoms with Crippen molar-refractivity contribution < 1.29 is 53.5 Å². The minimum absolute atomic E-state index is 0. The van der Waals surface area contributed by atoms with Gasteiger partial charge in [0.15, 0.2) is 11.6 Å². The number of imidazole rings is 1. The van der Waals surface area contributed by atoms with E-state index in [2.05, 4.69) is 21.6 Å². The third-order valence-electron chi connectivity index (χ3n) is 5.16. The van der Waals surface area contributed by atoms with Crippen molar-refractivity contribution in [1.29, 1.82) is 0 Å². The molecule has 0 saturated heterocycles. The number of benzene rings is 1. The van der Waals surface area contributed by atoms with Gasteiger partial charge in [-0.3, -0.25) is 0 Å². The molecule has 0 atom stereocenters. The number of aryl methyl sites for hydroxylation is 1. The Labute approximate surface area is 218 Å². The molecule has 1 N–H and O–H groups in total. The van der Waals surface area contributed by atoms with E-state index in [1.165, 1.54) is 6.07 Å². The SMILES string of the molecule is CNCc1cnc2ccc(-c3ccc(F)c(F)c3OCCc3[c-]nn(C)c3C)cn12.[CH3-].[Gd+2]. The molecule has 3 heterocycles. The molecule has 6 nitrogen and oxygen atoms in total. The maximum Gasteiger partial charge on any atom is 2.00 e. The molecule has 9 heteroatoms. The fourth-order valence-electron chi connectivity index (χ4n) is 3.38. The topological polar surface area (TPSA) is 56.4 Å². The van der Waals surface area contributed by atoms with Crippen molar-refractivity contribution in [1.82, 2.24) is 24.5 Å². The van der Waals surface area contributed by atoms with Gasteiger partial charge in [0.25, 0.3) is 0 Å². The van der Waals surface area contributed by atoms with Crippen molar-refractivity contribution in [2.24, 2.45) is 7.05 Å². The second kappa shape index (κ2) is 11.3. The minimum Gasteiger partial charge on any atom is -0.490 e. The molecule has 0 spiro atoms. The Kier molecular flexibility index (Phi) is 9.27. The van der Waals surface area contributed by atoms with E-state index in [1.54, 1.807) is 10.9 Å². The van der Waals surface area contributed by atoms with Crippen molar-refractivity contribution >= 4 is 5.65 Å². The first-order chi connectivity index (χ1) is 14.5. The van der Waals surface area contributed by atoms with Gasteiger partial charge in [0.05, 0.1) is 18.5 Å². The number of aromatic nitrogens is 4. The molecule has 0 aliphatic rings. The van der Waals surface area contributed by atoms with Crippen LogP contribution in [0.5, 0.6) is 5.75 Å². The van der Waals surface area contributed by atoms with E-state index in [4.69, 9.17) is 4.74 Å². The number of hydrogen-bond donors (Lipinski definition) is 1. The summed E-state index contributed by atoms with van der Waals surface area (Å²) < 4.78 is 38.0. The molecule has 32 heavy (non-hydrogen) atoms. The van der Waals surface area contributed by atoms with Crippen molar-refractivity contribution in [3.63, 3.8) is 0 Å². The predicted molar refractivity (Wildman–Crippen MR) is 116 cm³/mol. The van der Waals surface area contributed by atoms with Crippen LogP contribution in [-0.4, -0.2) is 32.8 Å². The number of rotatable bonds is 7. The summed E-state index contributed by atoms with van der Waals surface area (Å²) in [5.74, 6) is -2.05. The van der Waals surface area contributed by atoms with Gasteiger partial charge in [-0.2, -0.15) is 9.95 Å². The molecule has 4 rings (SSSR count). The van der Waals surface area contributed by atoms with Gasteiger partial charge in [0.1, 0.15) is 5.65 Å². The van der Waals surface area contributed by atoms with Crippen LogP contribution >= 0.6 is 0 Å². The van der Waals surface area contributed by atoms with Crippen molar-refractivity contribution in [3.05, 3.63) is 78.9 Å². The molecule has 0 radical (unpaired) electrons. The molecule has 0 aliphatic carbocycles. The number of nitrogens with one attached hydrogen (secondary N) is 1. The van der Waals surface area contributed by atoms with Crippen molar-refractivity contribution in [2.45, 2.75) is 19.9 Å². The van der Waals surface area contributed by atoms with Crippen molar-refractivity contribution in [2.75, 3.05) is 13.7 Å². The van der Waals surface area contributed by atoms with Gasteiger partial charge in [0, 0.05) is 30.9 Å². The molecule has 3 aromatic heterocycles. The first-order valence-electron chi connectivity index (χ1n) is 9.61. The monoisotopic (exact) mass is 583 g/mol. The molecule has 1 aromatic carbocycles. The standard InChI is InChI=1S/C22H22F2N5O.CH3.Gd/c1-14-15(10-27-28(14)3)8-9-30-22-18(5-6-19(23)21(22)24)16-4-7-20-26-12-17(11-25-2)29(20)13-16;;/h4-7,12-13,25H,8-9,11H2,1-3H3;1H3;/q2*-1;+2. The van der Waals surface area contributed by atoms with Gasteiger partial charge < -0.3 is 31.7 Å². The van der Waals surface area contributed by atoms with Gasteiger partial charge in [-0.15, -0.1) is 11.9 Å². The third kappa shape index (κ3) is 5.17. The number of pyridine rings is 1. The van der Waals surface area contributed by atoms with Crippen LogP contribution in [0.2, 0.25) is 0 Å². The zero-order valence-corrected chi connectivity index (χ0v) is 20.7. The molecule has 0 bridgehead atoms. The van der Waals surface area contributed by atoms with Crippen molar-refractivity contribution in [3.8, 4) is 16.9 Å². The summed E-state index contributed by atoms with van der Waals surface area (Å²) in [4.78, 5) is 4.37. The predicted octanol–water partition coefficient (Wildman–Crippen LogP) is 3.91. The van der Waals surface area contributed by atoms with E-state index >= 15 is 0 Å². The van der Waals surface area contributed by atoms with Crippen LogP contribution in [0.1, 0.15) is 17.0 Å². The van der Waals surface area contributed by atoms with Crippen LogP contribution in [0.25, 0.3) is 16.8 Å². The Morgan fingerprint density at radius 3 is 2.66 bits per heavy atom. The summed E-state index contributed by atoms with van der Waals surface area (Å²) in [5.41, 5.74) is 4.76. The molecule has 0 amide bonds. The van der Waals surface area contributed by atoms with E-state index in [-0.39, 0.29) is 59.7 Å². The maximum absolute atomic E-state index is 14.7. The number of halogens is 2. The molecule has 0 aliphatic heterocycles. The number of nitrogens with zero attached hydrogens (tertiary/aromatic N) is 4. The van der Waals surface area contributed by atoms with E-state index in [0.717, 1.165) is 28.7 Å². The van der Waals surface area contributed by atoms with Crippen LogP contribution in [-0.2, 0) is 20.0 Å². The first-order valence-corrected chi connectivity index (χ1v) is 9.61. The first kappa shape index (κ1) is 26.3. The van der Waals surface area contributed by atoms with E-state index in [1.807, 2.05) is 43.7 Å². The molecular formula is C23H25F2GdN5O. The maximum atomic E-state index is 14.7. The summed E-state index contributed by atoms with van der Waals surface area (Å²) in [6.45, 7) is 2.73. The number of hydrogen-bond acceptors (Lipinski definition) is 4. The van der Waals surface area contributed by atoms with E-state index in [0.29, 0.717) is 24.1 Å². The second-order valence-electron chi connectivity index (χ2n) is 7.06. The molecule has 170 valence electrons. The van der Waals surface area contributed by atoms with Crippen LogP contribution in [0, 0.1) is 72.1 Å². The Bertz CT molecular complexity index is 1200. The molecule has 0 saturated carbocycles. The summed E-state index contributed by atoms with van der Waals surface area (Å²) in [6.07, 6.45) is 7.04. The quantitative estimate of drug-likeness (QED) is 0.336. The third-order valence-corrected chi connectivity index (χ3v) is 5.16. The number of fused-ring (bicyclic) bond motifs is 1. The average Bonchev–Trinajstić information content (AvgIpc) is 3.29. The normalized spacial score (nSPS) is 10.7. The smallest absolute Gasteiger partial charge is 0.490 e. The van der Waals surface area contributed by atoms with E-state index in [9.17, 15) is 8.78 Å². The van der Waals surface area contributed by atoms with Gasteiger partial charge in [-0.25, -0.2) is 9.37 Å². The Balaban J connectivity index is 0.00000181. The van der Waals surface area contributed by atoms with Gasteiger partial charge in [0.2, 0.25) is 5.82 Å². The molecular weight excluding hydrogens is 558 g/mol. The zero-order valence-electron chi connectivity index (χ0n) is 18.4. The van der Waals surface area contributed by atoms with Crippen LogP contribution in [0.4, 0.5) is 8.78 Å². The van der Waals surface area contributed by atoms with E-state index < -0.39 is 11.6 Å². The average molecular weight is 583 g/mol. The summed E-state index contributed by atoms with van der Waals surface area (Å²) >= 11 is 0. The largest absolute Gasteiger partial charge is 2.00 e. The summed E-state index contributed by atoms with van der Waals surface area (Å²) in [5, 5.41) is 7.17. The summed E-state index contributed by atoms with van der Waals surface area (Å²) in [6, 6.07) is 6.31.